The Hall–Kier alpha value is -1.06. The van der Waals surface area contributed by atoms with Gasteiger partial charge in [-0.1, -0.05) is 0 Å². The lowest BCUT2D eigenvalue weighted by molar-refractivity contribution is -0.709. The molecule has 1 heterocycles. The normalized spacial score (nSPS) is 22.7. The standard InChI is InChI=1S/C15H23NO2/c1-15(2)10-13(8-9-18-15)16-11-12-4-6-14(17-3)7-5-12/h4-7,13,16H,8-11H2,1-3H3/p+1. The van der Waals surface area contributed by atoms with Gasteiger partial charge in [-0.2, -0.15) is 0 Å². The van der Waals surface area contributed by atoms with Gasteiger partial charge in [-0.3, -0.25) is 0 Å². The second-order valence-corrected chi connectivity index (χ2v) is 5.65. The molecule has 0 bridgehead atoms. The van der Waals surface area contributed by atoms with Crippen LogP contribution in [0.2, 0.25) is 0 Å². The van der Waals surface area contributed by atoms with E-state index in [2.05, 4.69) is 31.3 Å². The van der Waals surface area contributed by atoms with Crippen LogP contribution in [0.5, 0.6) is 5.75 Å². The van der Waals surface area contributed by atoms with E-state index in [-0.39, 0.29) is 5.60 Å². The van der Waals surface area contributed by atoms with Gasteiger partial charge in [-0.25, -0.2) is 0 Å². The van der Waals surface area contributed by atoms with Gasteiger partial charge in [0.25, 0.3) is 0 Å². The molecule has 1 saturated heterocycles. The summed E-state index contributed by atoms with van der Waals surface area (Å²) < 4.78 is 10.9. The van der Waals surface area contributed by atoms with Crippen molar-refractivity contribution in [2.24, 2.45) is 0 Å². The van der Waals surface area contributed by atoms with Gasteiger partial charge in [0, 0.05) is 18.4 Å². The molecule has 1 aromatic rings. The van der Waals surface area contributed by atoms with Gasteiger partial charge in [0.1, 0.15) is 12.3 Å². The van der Waals surface area contributed by atoms with Crippen molar-refractivity contribution in [2.45, 2.75) is 44.9 Å². The van der Waals surface area contributed by atoms with E-state index in [0.29, 0.717) is 6.04 Å². The Kier molecular flexibility index (Phi) is 4.25. The lowest BCUT2D eigenvalue weighted by Crippen LogP contribution is -2.89. The van der Waals surface area contributed by atoms with E-state index in [9.17, 15) is 0 Å². The SMILES string of the molecule is COc1ccc(C[NH2+]C2CCOC(C)(C)C2)cc1. The largest absolute Gasteiger partial charge is 0.497 e. The first-order chi connectivity index (χ1) is 8.59. The van der Waals surface area contributed by atoms with Crippen LogP contribution in [-0.2, 0) is 11.3 Å². The van der Waals surface area contributed by atoms with Crippen LogP contribution in [0.15, 0.2) is 24.3 Å². The minimum atomic E-state index is 0.0410. The van der Waals surface area contributed by atoms with E-state index in [1.54, 1.807) is 7.11 Å². The van der Waals surface area contributed by atoms with Crippen LogP contribution < -0.4 is 10.1 Å². The second-order valence-electron chi connectivity index (χ2n) is 5.65. The van der Waals surface area contributed by atoms with Gasteiger partial charge in [0.2, 0.25) is 0 Å². The summed E-state index contributed by atoms with van der Waals surface area (Å²) in [4.78, 5) is 0. The topological polar surface area (TPSA) is 35.1 Å². The summed E-state index contributed by atoms with van der Waals surface area (Å²) in [5, 5.41) is 2.44. The number of benzene rings is 1. The third-order valence-electron chi connectivity index (χ3n) is 3.58. The molecule has 0 aliphatic carbocycles. The zero-order valence-corrected chi connectivity index (χ0v) is 11.6. The van der Waals surface area contributed by atoms with E-state index in [4.69, 9.17) is 9.47 Å². The first-order valence-corrected chi connectivity index (χ1v) is 6.69. The van der Waals surface area contributed by atoms with E-state index < -0.39 is 0 Å². The quantitative estimate of drug-likeness (QED) is 0.883. The molecule has 0 radical (unpaired) electrons. The van der Waals surface area contributed by atoms with Gasteiger partial charge in [-0.05, 0) is 38.1 Å². The molecule has 18 heavy (non-hydrogen) atoms. The number of hydrogen-bond donors (Lipinski definition) is 1. The molecule has 2 rings (SSSR count). The molecule has 2 N–H and O–H groups in total. The average molecular weight is 250 g/mol. The number of rotatable bonds is 4. The summed E-state index contributed by atoms with van der Waals surface area (Å²) in [6, 6.07) is 9.00. The van der Waals surface area contributed by atoms with Gasteiger partial charge in [0.05, 0.1) is 25.4 Å². The lowest BCUT2D eigenvalue weighted by Gasteiger charge is -2.34. The number of methoxy groups -OCH3 is 1. The summed E-state index contributed by atoms with van der Waals surface area (Å²) in [6.45, 7) is 6.28. The highest BCUT2D eigenvalue weighted by atomic mass is 16.5. The minimum absolute atomic E-state index is 0.0410. The Balaban J connectivity index is 1.83. The van der Waals surface area contributed by atoms with Gasteiger partial charge < -0.3 is 14.8 Å². The molecule has 0 aromatic heterocycles. The molecule has 3 nitrogen and oxygen atoms in total. The summed E-state index contributed by atoms with van der Waals surface area (Å²) in [5.41, 5.74) is 1.39. The number of quaternary nitrogens is 1. The Bertz CT molecular complexity index is 373. The van der Waals surface area contributed by atoms with Crippen molar-refractivity contribution in [3.63, 3.8) is 0 Å². The molecule has 0 amide bonds. The zero-order valence-electron chi connectivity index (χ0n) is 11.6. The van der Waals surface area contributed by atoms with Crippen LogP contribution in [0, 0.1) is 0 Å². The van der Waals surface area contributed by atoms with Crippen molar-refractivity contribution in [1.82, 2.24) is 0 Å². The van der Waals surface area contributed by atoms with Crippen LogP contribution in [0.25, 0.3) is 0 Å². The molecule has 0 saturated carbocycles. The monoisotopic (exact) mass is 250 g/mol. The number of ether oxygens (including phenoxy) is 2. The maximum absolute atomic E-state index is 5.74. The van der Waals surface area contributed by atoms with Crippen molar-refractivity contribution in [3.8, 4) is 5.75 Å². The Morgan fingerprint density at radius 2 is 2.06 bits per heavy atom. The Morgan fingerprint density at radius 3 is 2.67 bits per heavy atom. The smallest absolute Gasteiger partial charge is 0.118 e. The predicted octanol–water partition coefficient (Wildman–Crippen LogP) is 1.72. The van der Waals surface area contributed by atoms with E-state index in [0.717, 1.165) is 31.7 Å². The van der Waals surface area contributed by atoms with Crippen molar-refractivity contribution in [2.75, 3.05) is 13.7 Å². The van der Waals surface area contributed by atoms with Gasteiger partial charge in [0.15, 0.2) is 0 Å². The van der Waals surface area contributed by atoms with Crippen LogP contribution in [0.1, 0.15) is 32.3 Å². The maximum atomic E-state index is 5.74. The molecule has 100 valence electrons. The van der Waals surface area contributed by atoms with Gasteiger partial charge in [-0.15, -0.1) is 0 Å². The molecule has 3 heteroatoms. The van der Waals surface area contributed by atoms with Crippen molar-refractivity contribution in [1.29, 1.82) is 0 Å². The number of hydrogen-bond acceptors (Lipinski definition) is 2. The molecule has 1 fully saturated rings. The van der Waals surface area contributed by atoms with Crippen LogP contribution in [0.4, 0.5) is 0 Å². The first kappa shape index (κ1) is 13.4. The zero-order chi connectivity index (χ0) is 13.0. The average Bonchev–Trinajstić information content (AvgIpc) is 2.36. The Morgan fingerprint density at radius 1 is 1.33 bits per heavy atom. The third kappa shape index (κ3) is 3.72. The summed E-state index contributed by atoms with van der Waals surface area (Å²) in [5.74, 6) is 0.922. The lowest BCUT2D eigenvalue weighted by atomic mass is 9.94. The predicted molar refractivity (Wildman–Crippen MR) is 71.7 cm³/mol. The summed E-state index contributed by atoms with van der Waals surface area (Å²) in [6.07, 6.45) is 2.28. The highest BCUT2D eigenvalue weighted by molar-refractivity contribution is 5.26. The molecular weight excluding hydrogens is 226 g/mol. The fourth-order valence-corrected chi connectivity index (χ4v) is 2.54. The van der Waals surface area contributed by atoms with Crippen LogP contribution in [0.3, 0.4) is 0 Å². The van der Waals surface area contributed by atoms with Crippen molar-refractivity contribution < 1.29 is 14.8 Å². The molecule has 1 aromatic carbocycles. The Labute approximate surface area is 109 Å². The van der Waals surface area contributed by atoms with E-state index >= 15 is 0 Å². The van der Waals surface area contributed by atoms with Crippen LogP contribution >= 0.6 is 0 Å². The van der Waals surface area contributed by atoms with Gasteiger partial charge >= 0.3 is 0 Å². The fourth-order valence-electron chi connectivity index (χ4n) is 2.54. The van der Waals surface area contributed by atoms with E-state index in [1.165, 1.54) is 5.56 Å². The highest BCUT2D eigenvalue weighted by Gasteiger charge is 2.30. The molecule has 1 atom stereocenters. The van der Waals surface area contributed by atoms with Crippen molar-refractivity contribution >= 4 is 0 Å². The molecular formula is C15H24NO2+. The minimum Gasteiger partial charge on any atom is -0.497 e. The fraction of sp³-hybridized carbons (Fsp3) is 0.600. The molecule has 1 aliphatic rings. The number of nitrogens with two attached hydrogens (primary N) is 1. The molecule has 1 aliphatic heterocycles. The summed E-state index contributed by atoms with van der Waals surface area (Å²) >= 11 is 0. The molecule has 0 spiro atoms. The highest BCUT2D eigenvalue weighted by Crippen LogP contribution is 2.22. The third-order valence-corrected chi connectivity index (χ3v) is 3.58. The summed E-state index contributed by atoms with van der Waals surface area (Å²) in [7, 11) is 1.70. The second kappa shape index (κ2) is 5.72. The maximum Gasteiger partial charge on any atom is 0.118 e. The van der Waals surface area contributed by atoms with E-state index in [1.807, 2.05) is 12.1 Å². The van der Waals surface area contributed by atoms with Crippen molar-refractivity contribution in [3.05, 3.63) is 29.8 Å². The first-order valence-electron chi connectivity index (χ1n) is 6.69. The molecule has 1 unspecified atom stereocenters. The van der Waals surface area contributed by atoms with Crippen LogP contribution in [-0.4, -0.2) is 25.4 Å².